The van der Waals surface area contributed by atoms with Crippen LogP contribution in [0.3, 0.4) is 0 Å². The standard InChI is InChI=1S/C19H22ClFN2S.ClH/c20-15-5-7-16(8-6-15)24-19-4-2-1-3-17(19)18(9-10-21)23-13-11-22-12-14-23;/h1-8,18,22H,9-14H2;1H/t18-;/m1./s1. The van der Waals surface area contributed by atoms with E-state index in [1.54, 1.807) is 11.8 Å². The van der Waals surface area contributed by atoms with Gasteiger partial charge in [0, 0.05) is 47.0 Å². The van der Waals surface area contributed by atoms with Crippen molar-refractivity contribution in [1.82, 2.24) is 10.2 Å². The number of alkyl halides is 1. The first-order chi connectivity index (χ1) is 11.8. The molecule has 25 heavy (non-hydrogen) atoms. The Hall–Kier alpha value is -0.780. The van der Waals surface area contributed by atoms with Crippen LogP contribution < -0.4 is 5.32 Å². The second-order valence-corrected chi connectivity index (χ2v) is 7.43. The number of benzene rings is 2. The third-order valence-corrected chi connectivity index (χ3v) is 5.65. The number of piperazine rings is 1. The van der Waals surface area contributed by atoms with Crippen molar-refractivity contribution >= 4 is 35.8 Å². The highest BCUT2D eigenvalue weighted by molar-refractivity contribution is 7.99. The summed E-state index contributed by atoms with van der Waals surface area (Å²) in [6.07, 6.45) is 0.540. The quantitative estimate of drug-likeness (QED) is 0.715. The summed E-state index contributed by atoms with van der Waals surface area (Å²) in [6.45, 7) is 3.56. The van der Waals surface area contributed by atoms with Gasteiger partial charge in [0.2, 0.25) is 0 Å². The molecule has 0 radical (unpaired) electrons. The van der Waals surface area contributed by atoms with Gasteiger partial charge in [-0.1, -0.05) is 41.6 Å². The summed E-state index contributed by atoms with van der Waals surface area (Å²) in [5, 5.41) is 4.11. The Labute approximate surface area is 164 Å². The molecule has 1 saturated heterocycles. The van der Waals surface area contributed by atoms with Crippen molar-refractivity contribution in [2.45, 2.75) is 22.3 Å². The molecular weight excluding hydrogens is 378 g/mol. The maximum atomic E-state index is 13.2. The summed E-state index contributed by atoms with van der Waals surface area (Å²) in [6, 6.07) is 16.4. The van der Waals surface area contributed by atoms with Gasteiger partial charge >= 0.3 is 0 Å². The Kier molecular flexibility index (Phi) is 8.53. The minimum absolute atomic E-state index is 0. The number of nitrogens with zero attached hydrogens (tertiary/aromatic N) is 1. The van der Waals surface area contributed by atoms with Crippen LogP contribution in [0, 0.1) is 0 Å². The number of nitrogens with one attached hydrogen (secondary N) is 1. The van der Waals surface area contributed by atoms with Crippen LogP contribution in [0.2, 0.25) is 5.02 Å². The molecule has 6 heteroatoms. The normalized spacial score (nSPS) is 16.2. The molecule has 3 rings (SSSR count). The molecule has 1 fully saturated rings. The molecule has 0 aromatic heterocycles. The van der Waals surface area contributed by atoms with Gasteiger partial charge in [-0.05, 0) is 42.3 Å². The molecule has 0 unspecified atom stereocenters. The van der Waals surface area contributed by atoms with Gasteiger partial charge in [0.15, 0.2) is 0 Å². The summed E-state index contributed by atoms with van der Waals surface area (Å²) in [5.41, 5.74) is 1.22. The zero-order valence-corrected chi connectivity index (χ0v) is 16.3. The number of hydrogen-bond donors (Lipinski definition) is 1. The lowest BCUT2D eigenvalue weighted by molar-refractivity contribution is 0.155. The molecule has 1 atom stereocenters. The molecule has 0 bridgehead atoms. The van der Waals surface area contributed by atoms with Crippen LogP contribution >= 0.6 is 35.8 Å². The Bertz CT molecular complexity index is 648. The van der Waals surface area contributed by atoms with E-state index < -0.39 is 0 Å². The van der Waals surface area contributed by atoms with Crippen LogP contribution in [0.1, 0.15) is 18.0 Å². The molecular formula is C19H23Cl2FN2S. The van der Waals surface area contributed by atoms with E-state index in [9.17, 15) is 4.39 Å². The van der Waals surface area contributed by atoms with Crippen molar-refractivity contribution in [2.75, 3.05) is 32.9 Å². The van der Waals surface area contributed by atoms with Crippen molar-refractivity contribution < 1.29 is 4.39 Å². The summed E-state index contributed by atoms with van der Waals surface area (Å²) < 4.78 is 13.2. The highest BCUT2D eigenvalue weighted by Crippen LogP contribution is 2.37. The molecule has 2 aromatic carbocycles. The van der Waals surface area contributed by atoms with Gasteiger partial charge in [-0.25, -0.2) is 0 Å². The second-order valence-electron chi connectivity index (χ2n) is 5.87. The van der Waals surface area contributed by atoms with Crippen LogP contribution in [0.15, 0.2) is 58.3 Å². The molecule has 1 N–H and O–H groups in total. The number of rotatable bonds is 6. The largest absolute Gasteiger partial charge is 0.314 e. The third-order valence-electron chi connectivity index (χ3n) is 4.29. The van der Waals surface area contributed by atoms with Gasteiger partial charge < -0.3 is 5.32 Å². The molecule has 0 spiro atoms. The topological polar surface area (TPSA) is 15.3 Å². The predicted molar refractivity (Wildman–Crippen MR) is 107 cm³/mol. The van der Waals surface area contributed by atoms with Gasteiger partial charge in [-0.2, -0.15) is 0 Å². The van der Waals surface area contributed by atoms with E-state index in [4.69, 9.17) is 11.6 Å². The van der Waals surface area contributed by atoms with Crippen LogP contribution in [-0.4, -0.2) is 37.8 Å². The van der Waals surface area contributed by atoms with Crippen molar-refractivity contribution in [2.24, 2.45) is 0 Å². The maximum Gasteiger partial charge on any atom is 0.0912 e. The Morgan fingerprint density at radius 3 is 2.44 bits per heavy atom. The van der Waals surface area contributed by atoms with E-state index in [0.29, 0.717) is 6.42 Å². The summed E-state index contributed by atoms with van der Waals surface area (Å²) >= 11 is 7.69. The maximum absolute atomic E-state index is 13.2. The van der Waals surface area contributed by atoms with Gasteiger partial charge in [0.1, 0.15) is 0 Å². The van der Waals surface area contributed by atoms with Crippen LogP contribution in [0.5, 0.6) is 0 Å². The summed E-state index contributed by atoms with van der Waals surface area (Å²) in [4.78, 5) is 4.74. The monoisotopic (exact) mass is 400 g/mol. The van der Waals surface area contributed by atoms with Crippen LogP contribution in [0.4, 0.5) is 4.39 Å². The zero-order valence-electron chi connectivity index (χ0n) is 14.0. The zero-order chi connectivity index (χ0) is 16.8. The van der Waals surface area contributed by atoms with E-state index in [1.807, 2.05) is 30.3 Å². The van der Waals surface area contributed by atoms with Crippen LogP contribution in [0.25, 0.3) is 0 Å². The first-order valence-electron chi connectivity index (χ1n) is 8.31. The lowest BCUT2D eigenvalue weighted by atomic mass is 10.0. The van der Waals surface area contributed by atoms with Gasteiger partial charge in [0.05, 0.1) is 6.67 Å². The van der Waals surface area contributed by atoms with Gasteiger partial charge in [-0.3, -0.25) is 9.29 Å². The lowest BCUT2D eigenvalue weighted by Crippen LogP contribution is -2.45. The second kappa shape index (κ2) is 10.4. The van der Waals surface area contributed by atoms with E-state index in [1.165, 1.54) is 10.5 Å². The first kappa shape index (κ1) is 20.5. The number of hydrogen-bond acceptors (Lipinski definition) is 3. The van der Waals surface area contributed by atoms with Crippen molar-refractivity contribution in [3.8, 4) is 0 Å². The molecule has 1 aliphatic rings. The molecule has 0 aliphatic carbocycles. The molecule has 1 heterocycles. The van der Waals surface area contributed by atoms with Crippen molar-refractivity contribution in [3.63, 3.8) is 0 Å². The van der Waals surface area contributed by atoms with Crippen molar-refractivity contribution in [3.05, 3.63) is 59.1 Å². The minimum atomic E-state index is -0.297. The molecule has 0 amide bonds. The van der Waals surface area contributed by atoms with E-state index in [-0.39, 0.29) is 25.1 Å². The molecule has 1 aliphatic heterocycles. The fourth-order valence-corrected chi connectivity index (χ4v) is 4.23. The van der Waals surface area contributed by atoms with Gasteiger partial charge in [-0.15, -0.1) is 12.4 Å². The van der Waals surface area contributed by atoms with E-state index in [2.05, 4.69) is 28.4 Å². The average molecular weight is 401 g/mol. The Morgan fingerprint density at radius 1 is 1.08 bits per heavy atom. The first-order valence-corrected chi connectivity index (χ1v) is 9.50. The molecule has 2 nitrogen and oxygen atoms in total. The SMILES string of the molecule is Cl.FCC[C@H](c1ccccc1Sc1ccc(Cl)cc1)N1CCNCC1. The fourth-order valence-electron chi connectivity index (χ4n) is 3.11. The fraction of sp³-hybridized carbons (Fsp3) is 0.368. The molecule has 136 valence electrons. The van der Waals surface area contributed by atoms with Crippen molar-refractivity contribution in [1.29, 1.82) is 0 Å². The summed E-state index contributed by atoms with van der Waals surface area (Å²) in [5.74, 6) is 0. The molecule has 2 aromatic rings. The highest BCUT2D eigenvalue weighted by Gasteiger charge is 2.24. The Morgan fingerprint density at radius 2 is 1.76 bits per heavy atom. The average Bonchev–Trinajstić information content (AvgIpc) is 2.63. The number of halogens is 3. The predicted octanol–water partition coefficient (Wildman–Crippen LogP) is 5.22. The van der Waals surface area contributed by atoms with E-state index in [0.717, 1.165) is 36.1 Å². The van der Waals surface area contributed by atoms with E-state index >= 15 is 0 Å². The van der Waals surface area contributed by atoms with Crippen LogP contribution in [-0.2, 0) is 0 Å². The molecule has 0 saturated carbocycles. The van der Waals surface area contributed by atoms with Gasteiger partial charge in [0.25, 0.3) is 0 Å². The third kappa shape index (κ3) is 5.60. The minimum Gasteiger partial charge on any atom is -0.314 e. The summed E-state index contributed by atoms with van der Waals surface area (Å²) in [7, 11) is 0. The lowest BCUT2D eigenvalue weighted by Gasteiger charge is -2.35. The smallest absolute Gasteiger partial charge is 0.0912 e. The Balaban J connectivity index is 0.00000225. The highest BCUT2D eigenvalue weighted by atomic mass is 35.5.